The minimum atomic E-state index is -0.0332. The van der Waals surface area contributed by atoms with E-state index >= 15 is 0 Å². The summed E-state index contributed by atoms with van der Waals surface area (Å²) in [4.78, 5) is 19.2. The number of nitrogens with one attached hydrogen (secondary N) is 1. The first kappa shape index (κ1) is 16.9. The first-order chi connectivity index (χ1) is 12.3. The van der Waals surface area contributed by atoms with E-state index in [0.717, 1.165) is 52.2 Å². The Labute approximate surface area is 148 Å². The van der Waals surface area contributed by atoms with Gasteiger partial charge >= 0.3 is 0 Å². The van der Waals surface area contributed by atoms with Crippen LogP contribution < -0.4 is 5.32 Å². The number of ether oxygens (including phenoxy) is 2. The molecule has 0 spiro atoms. The van der Waals surface area contributed by atoms with Crippen molar-refractivity contribution in [3.63, 3.8) is 0 Å². The van der Waals surface area contributed by atoms with Crippen molar-refractivity contribution in [2.45, 2.75) is 43.9 Å². The Morgan fingerprint density at radius 3 is 2.72 bits per heavy atom. The number of aromatic nitrogens is 1. The Balaban J connectivity index is 1.47. The summed E-state index contributed by atoms with van der Waals surface area (Å²) in [6.07, 6.45) is 7.93. The van der Waals surface area contributed by atoms with Gasteiger partial charge in [-0.3, -0.25) is 14.7 Å². The highest BCUT2D eigenvalue weighted by molar-refractivity contribution is 5.94. The highest BCUT2D eigenvalue weighted by Crippen LogP contribution is 2.31. The van der Waals surface area contributed by atoms with E-state index in [1.165, 1.54) is 6.42 Å². The molecule has 1 aromatic rings. The number of nitrogens with zero attached hydrogens (tertiary/aromatic N) is 2. The van der Waals surface area contributed by atoms with Crippen molar-refractivity contribution in [3.8, 4) is 0 Å². The molecule has 0 unspecified atom stereocenters. The monoisotopic (exact) mass is 345 g/mol. The van der Waals surface area contributed by atoms with Crippen LogP contribution in [0.15, 0.2) is 24.5 Å². The van der Waals surface area contributed by atoms with E-state index in [-0.39, 0.29) is 18.1 Å². The summed E-state index contributed by atoms with van der Waals surface area (Å²) < 4.78 is 11.6. The molecule has 4 heterocycles. The fourth-order valence-corrected chi connectivity index (χ4v) is 4.47. The fraction of sp³-hybridized carbons (Fsp3) is 0.684. The number of likely N-dealkylation sites (tertiary alicyclic amines) is 1. The number of rotatable bonds is 3. The molecule has 0 radical (unpaired) electrons. The second-order valence-electron chi connectivity index (χ2n) is 7.35. The topological polar surface area (TPSA) is 63.7 Å². The molecular weight excluding hydrogens is 318 g/mol. The van der Waals surface area contributed by atoms with E-state index in [9.17, 15) is 4.79 Å². The number of fused-ring (bicyclic) bond motifs is 1. The number of hydrogen-bond acceptors (Lipinski definition) is 5. The Hall–Kier alpha value is -1.50. The van der Waals surface area contributed by atoms with Crippen molar-refractivity contribution >= 4 is 5.91 Å². The maximum absolute atomic E-state index is 12.6. The van der Waals surface area contributed by atoms with Crippen molar-refractivity contribution in [1.29, 1.82) is 0 Å². The van der Waals surface area contributed by atoms with Crippen molar-refractivity contribution in [1.82, 2.24) is 15.2 Å². The highest BCUT2D eigenvalue weighted by Gasteiger charge is 2.42. The van der Waals surface area contributed by atoms with Crippen LogP contribution >= 0.6 is 0 Å². The third-order valence-corrected chi connectivity index (χ3v) is 5.76. The maximum Gasteiger partial charge on any atom is 0.251 e. The van der Waals surface area contributed by atoms with Crippen molar-refractivity contribution in [2.24, 2.45) is 5.92 Å². The molecule has 0 bridgehead atoms. The molecule has 3 atom stereocenters. The average molecular weight is 345 g/mol. The molecule has 136 valence electrons. The molecular formula is C19H27N3O3. The lowest BCUT2D eigenvalue weighted by atomic mass is 9.84. The number of carbonyl (C=O) groups excluding carboxylic acids is 1. The van der Waals surface area contributed by atoms with Crippen LogP contribution in [0.25, 0.3) is 0 Å². The first-order valence-electron chi connectivity index (χ1n) is 9.45. The molecule has 3 fully saturated rings. The summed E-state index contributed by atoms with van der Waals surface area (Å²) in [6, 6.07) is 4.13. The molecule has 1 aromatic heterocycles. The first-order valence-corrected chi connectivity index (χ1v) is 9.45. The van der Waals surface area contributed by atoms with Crippen LogP contribution in [-0.2, 0) is 9.47 Å². The lowest BCUT2D eigenvalue weighted by Crippen LogP contribution is -2.63. The van der Waals surface area contributed by atoms with E-state index in [0.29, 0.717) is 17.5 Å². The van der Waals surface area contributed by atoms with Gasteiger partial charge in [0, 0.05) is 56.9 Å². The van der Waals surface area contributed by atoms with Crippen LogP contribution in [0.1, 0.15) is 36.0 Å². The molecule has 4 rings (SSSR count). The molecule has 0 aromatic carbocycles. The molecule has 25 heavy (non-hydrogen) atoms. The quantitative estimate of drug-likeness (QED) is 0.899. The molecule has 6 heteroatoms. The van der Waals surface area contributed by atoms with E-state index in [1.54, 1.807) is 24.5 Å². The van der Waals surface area contributed by atoms with E-state index in [2.05, 4.69) is 15.2 Å². The van der Waals surface area contributed by atoms with Gasteiger partial charge in [0.1, 0.15) is 0 Å². The van der Waals surface area contributed by atoms with Gasteiger partial charge in [0.25, 0.3) is 5.91 Å². The van der Waals surface area contributed by atoms with Gasteiger partial charge in [-0.15, -0.1) is 0 Å². The molecule has 1 N–H and O–H groups in total. The molecule has 1 amide bonds. The number of pyridine rings is 1. The van der Waals surface area contributed by atoms with Crippen molar-refractivity contribution in [2.75, 3.05) is 32.9 Å². The third-order valence-electron chi connectivity index (χ3n) is 5.76. The minimum absolute atomic E-state index is 0.0332. The van der Waals surface area contributed by atoms with Gasteiger partial charge in [0.2, 0.25) is 0 Å². The zero-order valence-electron chi connectivity index (χ0n) is 14.6. The van der Waals surface area contributed by atoms with Crippen LogP contribution in [0, 0.1) is 5.92 Å². The summed E-state index contributed by atoms with van der Waals surface area (Å²) in [7, 11) is 0. The third kappa shape index (κ3) is 3.86. The number of carbonyl (C=O) groups is 1. The molecule has 3 aliphatic rings. The zero-order chi connectivity index (χ0) is 17.1. The lowest BCUT2D eigenvalue weighted by Gasteiger charge is -2.49. The van der Waals surface area contributed by atoms with Gasteiger partial charge in [-0.05, 0) is 43.7 Å². The smallest absolute Gasteiger partial charge is 0.251 e. The Morgan fingerprint density at radius 2 is 1.92 bits per heavy atom. The summed E-state index contributed by atoms with van der Waals surface area (Å²) in [5.74, 6) is 0.474. The summed E-state index contributed by atoms with van der Waals surface area (Å²) in [5, 5.41) is 3.24. The largest absolute Gasteiger partial charge is 0.381 e. The predicted octanol–water partition coefficient (Wildman–Crippen LogP) is 1.47. The van der Waals surface area contributed by atoms with Gasteiger partial charge < -0.3 is 14.8 Å². The second kappa shape index (κ2) is 7.81. The molecule has 0 saturated carbocycles. The normalized spacial score (nSPS) is 31.3. The Bertz CT molecular complexity index is 577. The van der Waals surface area contributed by atoms with Gasteiger partial charge in [-0.2, -0.15) is 0 Å². The van der Waals surface area contributed by atoms with Crippen LogP contribution in [0.5, 0.6) is 0 Å². The van der Waals surface area contributed by atoms with Gasteiger partial charge in [0.15, 0.2) is 0 Å². The Morgan fingerprint density at radius 1 is 1.12 bits per heavy atom. The fourth-order valence-electron chi connectivity index (χ4n) is 4.47. The summed E-state index contributed by atoms with van der Waals surface area (Å²) >= 11 is 0. The van der Waals surface area contributed by atoms with E-state index < -0.39 is 0 Å². The van der Waals surface area contributed by atoms with Crippen LogP contribution in [0.3, 0.4) is 0 Å². The van der Waals surface area contributed by atoms with Gasteiger partial charge in [-0.1, -0.05) is 0 Å². The average Bonchev–Trinajstić information content (AvgIpc) is 2.69. The molecule has 6 nitrogen and oxygen atoms in total. The maximum atomic E-state index is 12.6. The van der Waals surface area contributed by atoms with Crippen molar-refractivity contribution < 1.29 is 14.3 Å². The predicted molar refractivity (Wildman–Crippen MR) is 93.4 cm³/mol. The van der Waals surface area contributed by atoms with E-state index in [1.807, 2.05) is 0 Å². The van der Waals surface area contributed by atoms with Gasteiger partial charge in [0.05, 0.1) is 12.1 Å². The van der Waals surface area contributed by atoms with Crippen LogP contribution in [0.2, 0.25) is 0 Å². The molecule has 3 aliphatic heterocycles. The Kier molecular flexibility index (Phi) is 5.29. The lowest BCUT2D eigenvalue weighted by molar-refractivity contribution is -0.0976. The summed E-state index contributed by atoms with van der Waals surface area (Å²) in [6.45, 7) is 4.44. The van der Waals surface area contributed by atoms with E-state index in [4.69, 9.17) is 9.47 Å². The zero-order valence-corrected chi connectivity index (χ0v) is 14.6. The molecule has 3 saturated heterocycles. The summed E-state index contributed by atoms with van der Waals surface area (Å²) in [5.41, 5.74) is 0.658. The van der Waals surface area contributed by atoms with Crippen molar-refractivity contribution in [3.05, 3.63) is 30.1 Å². The number of piperidine rings is 1. The van der Waals surface area contributed by atoms with Crippen LogP contribution in [-0.4, -0.2) is 66.9 Å². The number of hydrogen-bond donors (Lipinski definition) is 1. The number of amides is 1. The SMILES string of the molecule is O=C(N[C@@H]1CN(C2CCOCC2)C[C@@H]2CCCO[C@@H]21)c1ccncc1. The van der Waals surface area contributed by atoms with Gasteiger partial charge in [-0.25, -0.2) is 0 Å². The van der Waals surface area contributed by atoms with Crippen LogP contribution in [0.4, 0.5) is 0 Å². The highest BCUT2D eigenvalue weighted by atomic mass is 16.5. The molecule has 0 aliphatic carbocycles. The second-order valence-corrected chi connectivity index (χ2v) is 7.35. The minimum Gasteiger partial charge on any atom is -0.381 e. The standard InChI is InChI=1S/C19H27N3O3/c23-19(14-3-7-20-8-4-14)21-17-13-22(16-5-10-24-11-6-16)12-15-2-1-9-25-18(15)17/h3-4,7-8,15-18H,1-2,5-6,9-13H2,(H,21,23)/t15-,17+,18-/m0/s1.